The molecule has 1 aromatic heterocycles. The highest BCUT2D eigenvalue weighted by Crippen LogP contribution is 2.35. The largest absolute Gasteiger partial charge is 0.381 e. The molecule has 4 heteroatoms. The molecule has 0 aliphatic carbocycles. The summed E-state index contributed by atoms with van der Waals surface area (Å²) in [6.07, 6.45) is 2.90. The molecule has 2 nitrogen and oxygen atoms in total. The van der Waals surface area contributed by atoms with Gasteiger partial charge in [-0.1, -0.05) is 33.6 Å². The maximum absolute atomic E-state index is 5.99. The van der Waals surface area contributed by atoms with Crippen LogP contribution >= 0.6 is 27.5 Å². The number of halogens is 2. The number of fused-ring (bicyclic) bond motifs is 1. The normalized spacial score (nSPS) is 20.0. The summed E-state index contributed by atoms with van der Waals surface area (Å²) in [5.41, 5.74) is 1.31. The fourth-order valence-electron chi connectivity index (χ4n) is 2.34. The van der Waals surface area contributed by atoms with Crippen LogP contribution in [0.5, 0.6) is 0 Å². The molecule has 88 valence electrons. The van der Waals surface area contributed by atoms with Crippen molar-refractivity contribution in [2.75, 3.05) is 13.2 Å². The van der Waals surface area contributed by atoms with Crippen LogP contribution in [0.1, 0.15) is 17.9 Å². The molecular formula is C13H11BrClNO. The quantitative estimate of drug-likeness (QED) is 0.738. The number of pyridine rings is 1. The van der Waals surface area contributed by atoms with E-state index in [4.69, 9.17) is 16.3 Å². The van der Waals surface area contributed by atoms with Gasteiger partial charge in [0.25, 0.3) is 0 Å². The SMILES string of the molecule is Clc1cc2c(C3CCOC3)ccc(Br)c2cn1. The molecule has 0 radical (unpaired) electrons. The maximum Gasteiger partial charge on any atom is 0.129 e. The topological polar surface area (TPSA) is 22.1 Å². The first-order valence-corrected chi connectivity index (χ1v) is 6.74. The summed E-state index contributed by atoms with van der Waals surface area (Å²) < 4.78 is 6.52. The van der Waals surface area contributed by atoms with Gasteiger partial charge in [0.15, 0.2) is 0 Å². The lowest BCUT2D eigenvalue weighted by molar-refractivity contribution is 0.194. The van der Waals surface area contributed by atoms with Gasteiger partial charge in [-0.2, -0.15) is 0 Å². The number of aromatic nitrogens is 1. The van der Waals surface area contributed by atoms with Gasteiger partial charge >= 0.3 is 0 Å². The average molecular weight is 313 g/mol. The van der Waals surface area contributed by atoms with E-state index in [2.05, 4.69) is 33.0 Å². The van der Waals surface area contributed by atoms with Crippen molar-refractivity contribution < 1.29 is 4.74 Å². The molecule has 0 N–H and O–H groups in total. The molecule has 1 atom stereocenters. The first kappa shape index (κ1) is 11.5. The van der Waals surface area contributed by atoms with Gasteiger partial charge in [0.05, 0.1) is 6.61 Å². The van der Waals surface area contributed by atoms with Gasteiger partial charge in [-0.3, -0.25) is 0 Å². The number of rotatable bonds is 1. The highest BCUT2D eigenvalue weighted by Gasteiger charge is 2.20. The zero-order chi connectivity index (χ0) is 11.8. The molecule has 2 aromatic rings. The van der Waals surface area contributed by atoms with Crippen molar-refractivity contribution in [2.24, 2.45) is 0 Å². The second-order valence-corrected chi connectivity index (χ2v) is 5.49. The average Bonchev–Trinajstić information content (AvgIpc) is 2.83. The second-order valence-electron chi connectivity index (χ2n) is 4.25. The number of nitrogens with zero attached hydrogens (tertiary/aromatic N) is 1. The lowest BCUT2D eigenvalue weighted by atomic mass is 9.94. The molecule has 1 aliphatic rings. The second kappa shape index (κ2) is 4.56. The first-order chi connectivity index (χ1) is 8.25. The van der Waals surface area contributed by atoms with Crippen LogP contribution in [-0.4, -0.2) is 18.2 Å². The summed E-state index contributed by atoms with van der Waals surface area (Å²) in [4.78, 5) is 4.14. The minimum Gasteiger partial charge on any atom is -0.381 e. The zero-order valence-electron chi connectivity index (χ0n) is 9.12. The van der Waals surface area contributed by atoms with Crippen LogP contribution in [0.4, 0.5) is 0 Å². The van der Waals surface area contributed by atoms with Gasteiger partial charge in [-0.05, 0) is 29.5 Å². The first-order valence-electron chi connectivity index (χ1n) is 5.57. The highest BCUT2D eigenvalue weighted by molar-refractivity contribution is 9.10. The Bertz CT molecular complexity index is 567. The van der Waals surface area contributed by atoms with E-state index in [0.717, 1.165) is 29.5 Å². The summed E-state index contributed by atoms with van der Waals surface area (Å²) in [6.45, 7) is 1.65. The van der Waals surface area contributed by atoms with E-state index in [0.29, 0.717) is 11.1 Å². The molecule has 0 amide bonds. The molecule has 3 rings (SSSR count). The third kappa shape index (κ3) is 2.07. The van der Waals surface area contributed by atoms with E-state index in [-0.39, 0.29) is 0 Å². The van der Waals surface area contributed by atoms with Crippen molar-refractivity contribution in [3.63, 3.8) is 0 Å². The Labute approximate surface area is 113 Å². The van der Waals surface area contributed by atoms with E-state index < -0.39 is 0 Å². The van der Waals surface area contributed by atoms with Crippen molar-refractivity contribution >= 4 is 38.3 Å². The van der Waals surface area contributed by atoms with Crippen molar-refractivity contribution in [1.29, 1.82) is 0 Å². The van der Waals surface area contributed by atoms with Crippen LogP contribution < -0.4 is 0 Å². The maximum atomic E-state index is 5.99. The van der Waals surface area contributed by atoms with Crippen LogP contribution in [0, 0.1) is 0 Å². The molecule has 1 aliphatic heterocycles. The molecule has 0 bridgehead atoms. The summed E-state index contributed by atoms with van der Waals surface area (Å²) in [5, 5.41) is 2.82. The predicted octanol–water partition coefficient (Wildman–Crippen LogP) is 4.15. The fraction of sp³-hybridized carbons (Fsp3) is 0.308. The summed E-state index contributed by atoms with van der Waals surface area (Å²) in [6, 6.07) is 6.17. The van der Waals surface area contributed by atoms with Crippen molar-refractivity contribution in [3.8, 4) is 0 Å². The molecule has 0 spiro atoms. The number of benzene rings is 1. The lowest BCUT2D eigenvalue weighted by Crippen LogP contribution is -1.99. The van der Waals surface area contributed by atoms with E-state index in [1.807, 2.05) is 12.3 Å². The number of hydrogen-bond donors (Lipinski definition) is 0. The predicted molar refractivity (Wildman–Crippen MR) is 72.6 cm³/mol. The number of hydrogen-bond acceptors (Lipinski definition) is 2. The standard InChI is InChI=1S/C13H11BrClNO/c14-12-2-1-9(8-3-4-17-7-8)10-5-13(15)16-6-11(10)12/h1-2,5-6,8H,3-4,7H2. The van der Waals surface area contributed by atoms with Crippen LogP contribution in [0.15, 0.2) is 28.9 Å². The van der Waals surface area contributed by atoms with Crippen LogP contribution in [0.2, 0.25) is 5.15 Å². The Morgan fingerprint density at radius 2 is 2.24 bits per heavy atom. The van der Waals surface area contributed by atoms with Gasteiger partial charge in [-0.15, -0.1) is 0 Å². The van der Waals surface area contributed by atoms with Crippen molar-refractivity contribution in [2.45, 2.75) is 12.3 Å². The Morgan fingerprint density at radius 1 is 1.35 bits per heavy atom. The molecule has 1 aromatic carbocycles. The van der Waals surface area contributed by atoms with E-state index in [1.165, 1.54) is 10.9 Å². The van der Waals surface area contributed by atoms with E-state index in [9.17, 15) is 0 Å². The zero-order valence-corrected chi connectivity index (χ0v) is 11.5. The molecule has 1 saturated heterocycles. The molecule has 0 saturated carbocycles. The van der Waals surface area contributed by atoms with Crippen molar-refractivity contribution in [3.05, 3.63) is 39.6 Å². The monoisotopic (exact) mass is 311 g/mol. The van der Waals surface area contributed by atoms with Crippen LogP contribution in [-0.2, 0) is 4.74 Å². The summed E-state index contributed by atoms with van der Waals surface area (Å²) in [7, 11) is 0. The minimum absolute atomic E-state index is 0.476. The van der Waals surface area contributed by atoms with Crippen LogP contribution in [0.25, 0.3) is 10.8 Å². The number of ether oxygens (including phenoxy) is 1. The van der Waals surface area contributed by atoms with Gasteiger partial charge in [0, 0.05) is 28.6 Å². The lowest BCUT2D eigenvalue weighted by Gasteiger charge is -2.13. The molecule has 2 heterocycles. The fourth-order valence-corrected chi connectivity index (χ4v) is 2.94. The summed E-state index contributed by atoms with van der Waals surface area (Å²) in [5.74, 6) is 0.476. The third-order valence-corrected chi connectivity index (χ3v) is 4.12. The summed E-state index contributed by atoms with van der Waals surface area (Å²) >= 11 is 9.54. The minimum atomic E-state index is 0.476. The highest BCUT2D eigenvalue weighted by atomic mass is 79.9. The Balaban J connectivity index is 2.23. The van der Waals surface area contributed by atoms with E-state index in [1.54, 1.807) is 0 Å². The van der Waals surface area contributed by atoms with Gasteiger partial charge in [0.1, 0.15) is 5.15 Å². The Morgan fingerprint density at radius 3 is 3.00 bits per heavy atom. The molecular weight excluding hydrogens is 302 g/mol. The van der Waals surface area contributed by atoms with Gasteiger partial charge < -0.3 is 4.74 Å². The molecule has 17 heavy (non-hydrogen) atoms. The smallest absolute Gasteiger partial charge is 0.129 e. The Hall–Kier alpha value is -0.640. The van der Waals surface area contributed by atoms with E-state index >= 15 is 0 Å². The molecule has 1 fully saturated rings. The van der Waals surface area contributed by atoms with Gasteiger partial charge in [0.2, 0.25) is 0 Å². The molecule has 1 unspecified atom stereocenters. The van der Waals surface area contributed by atoms with Crippen molar-refractivity contribution in [1.82, 2.24) is 4.98 Å². The van der Waals surface area contributed by atoms with Crippen LogP contribution in [0.3, 0.4) is 0 Å². The third-order valence-electron chi connectivity index (χ3n) is 3.22. The van der Waals surface area contributed by atoms with Gasteiger partial charge in [-0.25, -0.2) is 4.98 Å². The Kier molecular flexibility index (Phi) is 3.07.